The van der Waals surface area contributed by atoms with Crippen molar-refractivity contribution in [3.8, 4) is 11.5 Å². The molecule has 1 amide bonds. The minimum atomic E-state index is -0.0211. The molecule has 1 fully saturated rings. The quantitative estimate of drug-likeness (QED) is 0.828. The molecule has 1 aliphatic rings. The maximum absolute atomic E-state index is 12.5. The minimum Gasteiger partial charge on any atom is -0.496 e. The zero-order valence-electron chi connectivity index (χ0n) is 15.8. The molecule has 0 heterocycles. The molecular weight excluding hydrogens is 326 g/mol. The van der Waals surface area contributed by atoms with E-state index in [1.54, 1.807) is 7.11 Å². The average molecular weight is 353 g/mol. The number of nitrogens with one attached hydrogen (secondary N) is 1. The summed E-state index contributed by atoms with van der Waals surface area (Å²) in [6, 6.07) is 12.0. The Bertz CT molecular complexity index is 759. The number of hydrogen-bond donors (Lipinski definition) is 1. The van der Waals surface area contributed by atoms with Gasteiger partial charge >= 0.3 is 0 Å². The number of benzene rings is 2. The van der Waals surface area contributed by atoms with Crippen LogP contribution >= 0.6 is 0 Å². The van der Waals surface area contributed by atoms with E-state index in [4.69, 9.17) is 9.47 Å². The molecule has 0 unspecified atom stereocenters. The summed E-state index contributed by atoms with van der Waals surface area (Å²) in [5.74, 6) is 1.53. The number of aryl methyl sites for hydroxylation is 2. The van der Waals surface area contributed by atoms with Crippen molar-refractivity contribution in [2.24, 2.45) is 0 Å². The Labute approximate surface area is 155 Å². The number of hydrogen-bond acceptors (Lipinski definition) is 3. The van der Waals surface area contributed by atoms with Gasteiger partial charge in [0, 0.05) is 17.2 Å². The summed E-state index contributed by atoms with van der Waals surface area (Å²) >= 11 is 0. The molecule has 138 valence electrons. The number of methoxy groups -OCH3 is 1. The molecule has 0 bridgehead atoms. The normalized spacial score (nSPS) is 14.3. The van der Waals surface area contributed by atoms with Crippen LogP contribution in [0.4, 0.5) is 0 Å². The van der Waals surface area contributed by atoms with Crippen LogP contribution in [0.25, 0.3) is 0 Å². The first-order valence-corrected chi connectivity index (χ1v) is 9.24. The zero-order valence-corrected chi connectivity index (χ0v) is 15.8. The van der Waals surface area contributed by atoms with Crippen LogP contribution in [0.3, 0.4) is 0 Å². The highest BCUT2D eigenvalue weighted by Gasteiger charge is 2.19. The summed E-state index contributed by atoms with van der Waals surface area (Å²) in [7, 11) is 1.63. The van der Waals surface area contributed by atoms with Gasteiger partial charge in [0.05, 0.1) is 7.11 Å². The number of carbonyl (C=O) groups excluding carboxylic acids is 1. The molecule has 2 aromatic carbocycles. The second kappa shape index (κ2) is 8.26. The molecule has 0 saturated heterocycles. The molecule has 26 heavy (non-hydrogen) atoms. The Morgan fingerprint density at radius 3 is 2.42 bits per heavy atom. The van der Waals surface area contributed by atoms with E-state index in [0.29, 0.717) is 18.2 Å². The molecule has 0 radical (unpaired) electrons. The van der Waals surface area contributed by atoms with Gasteiger partial charge in [-0.25, -0.2) is 0 Å². The highest BCUT2D eigenvalue weighted by molar-refractivity contribution is 5.94. The number of carbonyl (C=O) groups is 1. The monoisotopic (exact) mass is 353 g/mol. The fraction of sp³-hybridized carbons (Fsp3) is 0.409. The first kappa shape index (κ1) is 18.3. The first-order valence-electron chi connectivity index (χ1n) is 9.24. The first-order chi connectivity index (χ1) is 12.5. The molecule has 0 aliphatic heterocycles. The highest BCUT2D eigenvalue weighted by Crippen LogP contribution is 2.24. The van der Waals surface area contributed by atoms with Crippen molar-refractivity contribution in [1.29, 1.82) is 0 Å². The van der Waals surface area contributed by atoms with Crippen LogP contribution < -0.4 is 14.8 Å². The van der Waals surface area contributed by atoms with Gasteiger partial charge in [-0.05, 0) is 68.1 Å². The Morgan fingerprint density at radius 1 is 1.08 bits per heavy atom. The molecule has 1 aliphatic carbocycles. The van der Waals surface area contributed by atoms with Gasteiger partial charge in [0.1, 0.15) is 18.1 Å². The maximum atomic E-state index is 12.5. The van der Waals surface area contributed by atoms with Crippen molar-refractivity contribution in [3.05, 3.63) is 58.7 Å². The topological polar surface area (TPSA) is 47.6 Å². The third-order valence-electron chi connectivity index (χ3n) is 4.82. The summed E-state index contributed by atoms with van der Waals surface area (Å²) in [5.41, 5.74) is 3.84. The van der Waals surface area contributed by atoms with E-state index < -0.39 is 0 Å². The lowest BCUT2D eigenvalue weighted by atomic mass is 10.1. The van der Waals surface area contributed by atoms with E-state index in [1.165, 1.54) is 12.8 Å². The number of rotatable bonds is 6. The number of amides is 1. The lowest BCUT2D eigenvalue weighted by Gasteiger charge is -2.15. The van der Waals surface area contributed by atoms with Crippen molar-refractivity contribution in [2.45, 2.75) is 52.2 Å². The van der Waals surface area contributed by atoms with E-state index in [9.17, 15) is 4.79 Å². The average Bonchev–Trinajstić information content (AvgIpc) is 3.12. The van der Waals surface area contributed by atoms with E-state index in [0.717, 1.165) is 41.0 Å². The van der Waals surface area contributed by atoms with E-state index >= 15 is 0 Å². The van der Waals surface area contributed by atoms with Crippen molar-refractivity contribution in [2.75, 3.05) is 7.11 Å². The van der Waals surface area contributed by atoms with E-state index in [1.807, 2.05) is 30.3 Å². The molecule has 2 aromatic rings. The van der Waals surface area contributed by atoms with Gasteiger partial charge in [0.15, 0.2) is 0 Å². The lowest BCUT2D eigenvalue weighted by Crippen LogP contribution is -2.32. The van der Waals surface area contributed by atoms with Gasteiger partial charge in [0.25, 0.3) is 5.91 Å². The van der Waals surface area contributed by atoms with E-state index in [2.05, 4.69) is 25.2 Å². The standard InChI is InChI=1S/C22H27NO3/c1-15-10-16(2)12-20(11-15)26-14-18-13-17(8-9-21(18)25-3)22(24)23-19-6-4-5-7-19/h8-13,19H,4-7,14H2,1-3H3,(H,23,24). The van der Waals surface area contributed by atoms with Gasteiger partial charge < -0.3 is 14.8 Å². The SMILES string of the molecule is COc1ccc(C(=O)NC2CCCC2)cc1COc1cc(C)cc(C)c1. The van der Waals surface area contributed by atoms with Crippen molar-refractivity contribution >= 4 is 5.91 Å². The van der Waals surface area contributed by atoms with Crippen LogP contribution in [0.5, 0.6) is 11.5 Å². The van der Waals surface area contributed by atoms with Crippen LogP contribution in [0.1, 0.15) is 52.7 Å². The van der Waals surface area contributed by atoms with Crippen molar-refractivity contribution in [3.63, 3.8) is 0 Å². The van der Waals surface area contributed by atoms with Gasteiger partial charge in [0.2, 0.25) is 0 Å². The van der Waals surface area contributed by atoms with Gasteiger partial charge in [-0.3, -0.25) is 4.79 Å². The Hall–Kier alpha value is -2.49. The van der Waals surface area contributed by atoms with Crippen LogP contribution in [-0.2, 0) is 6.61 Å². The van der Waals surface area contributed by atoms with Gasteiger partial charge in [-0.2, -0.15) is 0 Å². The Morgan fingerprint density at radius 2 is 1.77 bits per heavy atom. The zero-order chi connectivity index (χ0) is 18.5. The second-order valence-corrected chi connectivity index (χ2v) is 7.09. The third kappa shape index (κ3) is 4.57. The highest BCUT2D eigenvalue weighted by atomic mass is 16.5. The molecule has 0 aromatic heterocycles. The second-order valence-electron chi connectivity index (χ2n) is 7.09. The Balaban J connectivity index is 1.73. The largest absolute Gasteiger partial charge is 0.496 e. The number of ether oxygens (including phenoxy) is 2. The lowest BCUT2D eigenvalue weighted by molar-refractivity contribution is 0.0937. The molecule has 1 N–H and O–H groups in total. The van der Waals surface area contributed by atoms with Crippen LogP contribution in [0, 0.1) is 13.8 Å². The van der Waals surface area contributed by atoms with Crippen LogP contribution in [0.2, 0.25) is 0 Å². The molecule has 3 rings (SSSR count). The van der Waals surface area contributed by atoms with Crippen LogP contribution in [-0.4, -0.2) is 19.1 Å². The summed E-state index contributed by atoms with van der Waals surface area (Å²) in [4.78, 5) is 12.5. The predicted octanol–water partition coefficient (Wildman–Crippen LogP) is 4.56. The smallest absolute Gasteiger partial charge is 0.251 e. The molecule has 4 nitrogen and oxygen atoms in total. The van der Waals surface area contributed by atoms with E-state index in [-0.39, 0.29) is 5.91 Å². The molecule has 1 saturated carbocycles. The summed E-state index contributed by atoms with van der Waals surface area (Å²) in [6.45, 7) is 4.46. The van der Waals surface area contributed by atoms with Crippen molar-refractivity contribution < 1.29 is 14.3 Å². The van der Waals surface area contributed by atoms with Gasteiger partial charge in [-0.1, -0.05) is 18.9 Å². The molecular formula is C22H27NO3. The summed E-state index contributed by atoms with van der Waals surface area (Å²) in [6.07, 6.45) is 4.54. The summed E-state index contributed by atoms with van der Waals surface area (Å²) < 4.78 is 11.4. The van der Waals surface area contributed by atoms with Crippen molar-refractivity contribution in [1.82, 2.24) is 5.32 Å². The predicted molar refractivity (Wildman–Crippen MR) is 103 cm³/mol. The molecule has 0 spiro atoms. The van der Waals surface area contributed by atoms with Gasteiger partial charge in [-0.15, -0.1) is 0 Å². The molecule has 4 heteroatoms. The minimum absolute atomic E-state index is 0.0211. The summed E-state index contributed by atoms with van der Waals surface area (Å²) in [5, 5.41) is 3.13. The molecule has 0 atom stereocenters. The third-order valence-corrected chi connectivity index (χ3v) is 4.82. The maximum Gasteiger partial charge on any atom is 0.251 e. The van der Waals surface area contributed by atoms with Crippen LogP contribution in [0.15, 0.2) is 36.4 Å². The Kier molecular flexibility index (Phi) is 5.82. The fourth-order valence-corrected chi connectivity index (χ4v) is 3.55. The fourth-order valence-electron chi connectivity index (χ4n) is 3.55.